The second kappa shape index (κ2) is 6.11. The molecule has 1 nitrogen and oxygen atoms in total. The van der Waals surface area contributed by atoms with Crippen LogP contribution in [0.1, 0.15) is 38.2 Å². The first kappa shape index (κ1) is 13.9. The number of rotatable bonds is 4. The minimum Gasteiger partial charge on any atom is -0.310 e. The van der Waals surface area contributed by atoms with Crippen molar-refractivity contribution in [1.82, 2.24) is 5.32 Å². The molecular formula is C14H18BrF2N. The molecule has 2 rings (SSSR count). The summed E-state index contributed by atoms with van der Waals surface area (Å²) in [6, 6.07) is 3.00. The van der Waals surface area contributed by atoms with E-state index >= 15 is 0 Å². The normalized spacial score (nSPS) is 18.2. The van der Waals surface area contributed by atoms with Gasteiger partial charge in [0, 0.05) is 18.2 Å². The predicted octanol–water partition coefficient (Wildman–Crippen LogP) is 4.40. The zero-order chi connectivity index (χ0) is 13.1. The van der Waals surface area contributed by atoms with Crippen LogP contribution in [0.15, 0.2) is 16.6 Å². The van der Waals surface area contributed by atoms with Crippen molar-refractivity contribution in [3.63, 3.8) is 0 Å². The first-order chi connectivity index (χ1) is 8.59. The van der Waals surface area contributed by atoms with Gasteiger partial charge in [-0.15, -0.1) is 0 Å². The van der Waals surface area contributed by atoms with Gasteiger partial charge in [0.2, 0.25) is 0 Å². The summed E-state index contributed by atoms with van der Waals surface area (Å²) in [4.78, 5) is 0. The van der Waals surface area contributed by atoms with E-state index in [-0.39, 0.29) is 12.1 Å². The quantitative estimate of drug-likeness (QED) is 0.812. The lowest BCUT2D eigenvalue weighted by Crippen LogP contribution is -2.32. The highest BCUT2D eigenvalue weighted by Crippen LogP contribution is 2.28. The molecule has 100 valence electrons. The van der Waals surface area contributed by atoms with E-state index in [2.05, 4.69) is 28.2 Å². The largest absolute Gasteiger partial charge is 0.310 e. The Bertz CT molecular complexity index is 417. The molecular weight excluding hydrogens is 300 g/mol. The van der Waals surface area contributed by atoms with Gasteiger partial charge in [-0.3, -0.25) is 0 Å². The monoisotopic (exact) mass is 317 g/mol. The van der Waals surface area contributed by atoms with E-state index in [0.717, 1.165) is 0 Å². The molecule has 1 N–H and O–H groups in total. The van der Waals surface area contributed by atoms with Gasteiger partial charge in [-0.25, -0.2) is 8.78 Å². The third-order valence-electron chi connectivity index (χ3n) is 3.85. The molecule has 1 aromatic rings. The van der Waals surface area contributed by atoms with Gasteiger partial charge in [-0.05, 0) is 53.7 Å². The van der Waals surface area contributed by atoms with Crippen LogP contribution >= 0.6 is 15.9 Å². The van der Waals surface area contributed by atoms with Crippen molar-refractivity contribution >= 4 is 15.9 Å². The van der Waals surface area contributed by atoms with Crippen molar-refractivity contribution in [2.45, 2.75) is 45.2 Å². The Balaban J connectivity index is 1.99. The van der Waals surface area contributed by atoms with Gasteiger partial charge in [0.05, 0.1) is 4.47 Å². The van der Waals surface area contributed by atoms with E-state index < -0.39 is 11.6 Å². The second-order valence-electron chi connectivity index (χ2n) is 5.04. The van der Waals surface area contributed by atoms with Crippen molar-refractivity contribution in [3.05, 3.63) is 33.8 Å². The van der Waals surface area contributed by atoms with Crippen molar-refractivity contribution in [3.8, 4) is 0 Å². The Morgan fingerprint density at radius 2 is 2.00 bits per heavy atom. The zero-order valence-electron chi connectivity index (χ0n) is 10.5. The summed E-state index contributed by atoms with van der Waals surface area (Å²) in [5.74, 6) is -0.341. The summed E-state index contributed by atoms with van der Waals surface area (Å²) in [5.41, 5.74) is 0.120. The minimum absolute atomic E-state index is 0.120. The van der Waals surface area contributed by atoms with Gasteiger partial charge < -0.3 is 5.32 Å². The molecule has 0 amide bonds. The van der Waals surface area contributed by atoms with E-state index in [4.69, 9.17) is 0 Å². The van der Waals surface area contributed by atoms with Crippen LogP contribution in [0.25, 0.3) is 0 Å². The van der Waals surface area contributed by atoms with Crippen molar-refractivity contribution in [1.29, 1.82) is 0 Å². The Hall–Kier alpha value is -0.480. The molecule has 0 heterocycles. The van der Waals surface area contributed by atoms with E-state index in [0.29, 0.717) is 16.4 Å². The van der Waals surface area contributed by atoms with Gasteiger partial charge in [0.25, 0.3) is 0 Å². The maximum Gasteiger partial charge on any atom is 0.144 e. The average molecular weight is 318 g/mol. The van der Waals surface area contributed by atoms with E-state index in [1.54, 1.807) is 0 Å². The molecule has 0 aliphatic heterocycles. The summed E-state index contributed by atoms with van der Waals surface area (Å²) in [7, 11) is 0. The fourth-order valence-corrected chi connectivity index (χ4v) is 2.99. The van der Waals surface area contributed by atoms with Crippen LogP contribution < -0.4 is 5.32 Å². The van der Waals surface area contributed by atoms with Crippen molar-refractivity contribution < 1.29 is 8.78 Å². The van der Waals surface area contributed by atoms with Gasteiger partial charge >= 0.3 is 0 Å². The summed E-state index contributed by atoms with van der Waals surface area (Å²) in [6.45, 7) is 2.35. The fraction of sp³-hybridized carbons (Fsp3) is 0.571. The lowest BCUT2D eigenvalue weighted by atomic mass is 9.99. The molecule has 1 saturated carbocycles. The highest BCUT2D eigenvalue weighted by atomic mass is 79.9. The van der Waals surface area contributed by atoms with E-state index in [9.17, 15) is 8.78 Å². The van der Waals surface area contributed by atoms with Gasteiger partial charge in [-0.1, -0.05) is 12.8 Å². The summed E-state index contributed by atoms with van der Waals surface area (Å²) in [5, 5.41) is 3.25. The molecule has 0 saturated heterocycles. The maximum absolute atomic E-state index is 13.8. The second-order valence-corrected chi connectivity index (χ2v) is 5.89. The van der Waals surface area contributed by atoms with Crippen molar-refractivity contribution in [2.24, 2.45) is 5.92 Å². The lowest BCUT2D eigenvalue weighted by molar-refractivity contribution is 0.374. The summed E-state index contributed by atoms with van der Waals surface area (Å²) >= 11 is 3.08. The fourth-order valence-electron chi connectivity index (χ4n) is 2.62. The van der Waals surface area contributed by atoms with Crippen LogP contribution in [0.4, 0.5) is 8.78 Å². The van der Waals surface area contributed by atoms with Crippen LogP contribution in [-0.2, 0) is 6.54 Å². The molecule has 18 heavy (non-hydrogen) atoms. The summed E-state index contributed by atoms with van der Waals surface area (Å²) in [6.07, 6.45) is 4.99. The highest BCUT2D eigenvalue weighted by Gasteiger charge is 2.22. The number of hydrogen-bond donors (Lipinski definition) is 1. The van der Waals surface area contributed by atoms with E-state index in [1.165, 1.54) is 37.8 Å². The molecule has 1 fully saturated rings. The average Bonchev–Trinajstić information content (AvgIpc) is 2.87. The third kappa shape index (κ3) is 3.09. The van der Waals surface area contributed by atoms with Crippen LogP contribution in [-0.4, -0.2) is 6.04 Å². The van der Waals surface area contributed by atoms with Crippen LogP contribution in [0.3, 0.4) is 0 Å². The summed E-state index contributed by atoms with van der Waals surface area (Å²) < 4.78 is 27.6. The highest BCUT2D eigenvalue weighted by molar-refractivity contribution is 9.10. The van der Waals surface area contributed by atoms with Gasteiger partial charge in [-0.2, -0.15) is 0 Å². The Morgan fingerprint density at radius 3 is 2.67 bits per heavy atom. The Labute approximate surface area is 115 Å². The number of nitrogens with one attached hydrogen (secondary N) is 1. The molecule has 0 aromatic heterocycles. The van der Waals surface area contributed by atoms with Gasteiger partial charge in [0.15, 0.2) is 0 Å². The smallest absolute Gasteiger partial charge is 0.144 e. The Morgan fingerprint density at radius 1 is 1.33 bits per heavy atom. The molecule has 1 atom stereocenters. The van der Waals surface area contributed by atoms with Crippen LogP contribution in [0.5, 0.6) is 0 Å². The molecule has 4 heteroatoms. The standard InChI is InChI=1S/C14H18BrF2N/c1-9(10-4-2-3-5-10)18-8-11-13(16)7-6-12(15)14(11)17/h6-7,9-10,18H,2-5,8H2,1H3. The predicted molar refractivity (Wildman–Crippen MR) is 72.3 cm³/mol. The SMILES string of the molecule is CC(NCc1c(F)ccc(Br)c1F)C1CCCC1. The molecule has 0 spiro atoms. The minimum atomic E-state index is -0.499. The molecule has 1 aliphatic carbocycles. The molecule has 1 aromatic carbocycles. The molecule has 0 radical (unpaired) electrons. The number of halogens is 3. The van der Waals surface area contributed by atoms with Crippen molar-refractivity contribution in [2.75, 3.05) is 0 Å². The maximum atomic E-state index is 13.8. The lowest BCUT2D eigenvalue weighted by Gasteiger charge is -2.20. The first-order valence-corrected chi connectivity index (χ1v) is 7.24. The van der Waals surface area contributed by atoms with E-state index in [1.807, 2.05) is 0 Å². The zero-order valence-corrected chi connectivity index (χ0v) is 12.1. The van der Waals surface area contributed by atoms with Crippen LogP contribution in [0.2, 0.25) is 0 Å². The number of benzene rings is 1. The molecule has 0 bridgehead atoms. The molecule has 1 aliphatic rings. The topological polar surface area (TPSA) is 12.0 Å². The van der Waals surface area contributed by atoms with Gasteiger partial charge in [0.1, 0.15) is 11.6 Å². The Kier molecular flexibility index (Phi) is 4.73. The molecule has 1 unspecified atom stereocenters. The first-order valence-electron chi connectivity index (χ1n) is 6.45. The third-order valence-corrected chi connectivity index (χ3v) is 4.46. The van der Waals surface area contributed by atoms with Crippen LogP contribution in [0, 0.1) is 17.6 Å². The number of hydrogen-bond acceptors (Lipinski definition) is 1.